The monoisotopic (exact) mass is 1950 g/mol. The second kappa shape index (κ2) is 56.3. The summed E-state index contributed by atoms with van der Waals surface area (Å²) in [6.45, 7) is 19.9. The highest BCUT2D eigenvalue weighted by Crippen LogP contribution is 2.40. The van der Waals surface area contributed by atoms with Crippen molar-refractivity contribution in [3.8, 4) is 63.6 Å². The molecular weight excluding hydrogens is 1840 g/mol. The predicted octanol–water partition coefficient (Wildman–Crippen LogP) is 22.1. The van der Waals surface area contributed by atoms with Crippen LogP contribution in [-0.2, 0) is 43.6 Å². The van der Waals surface area contributed by atoms with Gasteiger partial charge in [0.1, 0.15) is 0 Å². The van der Waals surface area contributed by atoms with Crippen molar-refractivity contribution in [2.24, 2.45) is 0 Å². The molecule has 0 fully saturated rings. The fourth-order valence-corrected chi connectivity index (χ4v) is 15.0. The van der Waals surface area contributed by atoms with Crippen molar-refractivity contribution in [1.82, 2.24) is 4.72 Å². The van der Waals surface area contributed by atoms with Crippen LogP contribution in [0.25, 0.3) is 27.9 Å². The van der Waals surface area contributed by atoms with Crippen LogP contribution in [0.4, 0.5) is 43.7 Å². The van der Waals surface area contributed by atoms with E-state index < -0.39 is 16.1 Å². The van der Waals surface area contributed by atoms with Gasteiger partial charge in [-0.25, -0.2) is 22.7 Å². The van der Waals surface area contributed by atoms with Gasteiger partial charge in [-0.15, -0.1) is 0 Å². The van der Waals surface area contributed by atoms with E-state index in [0.29, 0.717) is 124 Å². The van der Waals surface area contributed by atoms with Crippen molar-refractivity contribution in [3.63, 3.8) is 0 Å². The van der Waals surface area contributed by atoms with E-state index in [9.17, 15) is 51.6 Å². The number of methoxy groups -OCH3 is 6. The van der Waals surface area contributed by atoms with Gasteiger partial charge in [0.05, 0.1) is 80.1 Å². The molecule has 7 N–H and O–H groups in total. The lowest BCUT2D eigenvalue weighted by atomic mass is 9.96. The Morgan fingerprint density at radius 2 is 0.483 bits per heavy atom. The number of allylic oxidation sites excluding steroid dienone is 5. The maximum absolute atomic E-state index is 12.3. The highest BCUT2D eigenvalue weighted by atomic mass is 32.2. The van der Waals surface area contributed by atoms with Crippen molar-refractivity contribution in [2.45, 2.75) is 81.1 Å². The van der Waals surface area contributed by atoms with Gasteiger partial charge >= 0.3 is 12.1 Å². The molecule has 0 saturated heterocycles. The number of nitrogens with zero attached hydrogens (tertiary/aromatic N) is 1. The summed E-state index contributed by atoms with van der Waals surface area (Å²) < 4.78 is 81.1. The zero-order valence-corrected chi connectivity index (χ0v) is 83.4. The zero-order valence-electron chi connectivity index (χ0n) is 82.6. The number of ether oxygens (including phenoxy) is 10. The third-order valence-corrected chi connectivity index (χ3v) is 21.5. The first-order valence-electron chi connectivity index (χ1n) is 45.0. The minimum absolute atomic E-state index is 0.0181. The Labute approximate surface area is 833 Å². The SMILES string of the molecule is CCOc1cc(/C(=C\C#N)c2ccc(NC(C)=O)cc2)ccc1OC.CCOc1cc(/C(=C\C(C)=O)c2ccc(NC(=O)Nc3ccccc3)cc2)ccc1OC.CCOc1cc(/C(=C\C(C)=O)c2ccc(NC(C)=O)cc2)ccc1OC.CCOc1cc(C(=CC(C)=O)c2ccc(NC(=O)NS(=O)(=O)c3ccccc3)cc2)ccc1OC.COc1ccc(/C(=C\C(C)=O)c2ccc(NC(C)=O)cc2)cc1OC. The minimum atomic E-state index is -4.00. The van der Waals surface area contributed by atoms with Crippen molar-refractivity contribution < 1.29 is 98.9 Å². The molecule has 0 heterocycles. The highest BCUT2D eigenvalue weighted by Gasteiger charge is 2.22. The van der Waals surface area contributed by atoms with E-state index in [1.54, 1.807) is 170 Å². The van der Waals surface area contributed by atoms with Gasteiger partial charge in [0.25, 0.3) is 10.0 Å². The summed E-state index contributed by atoms with van der Waals surface area (Å²) in [5.74, 6) is 5.39. The molecule has 7 amide bonds. The summed E-state index contributed by atoms with van der Waals surface area (Å²) in [5.41, 5.74) is 15.8. The standard InChI is InChI=1S/C26H26N2O6S.C26H26N2O4.C21H23NO4.C20H20N2O3.C20H21NO4/c1-4-34-25-17-20(12-15-24(25)33-3)23(16-18(2)29)19-10-13-21(14-11-19)27-26(30)28-35(31,32)22-8-6-5-7-9-22;1-4-32-25-17-20(12-15-24(25)31-3)23(16-18(2)29)19-10-13-22(14-11-19)28-26(30)27-21-8-6-5-7-9-21;1-5-26-21-13-17(8-11-20(21)25-4)19(12-14(2)23)16-6-9-18(10-7-16)22-15(3)24;1-4-25-20-13-16(7-10-19(20)24-3)18(11-12-21)15-5-8-17(9-6-15)22-14(2)23;1-13(22)11-18(15-5-8-17(9-6-15)21-14(2)23)16-7-10-19(24-3)20(12-16)25-4/h5-17H,4H2,1-3H3,(H2,27,28,30);5-17H,4H2,1-3H3,(H2,27,28,30);6-13H,5H2,1-4H3,(H,22,24);5-11,13H,4H2,1-3H3,(H,22,23);5-12H,1-4H3,(H,21,23)/b;23-16-;19-12-;2*18-11-. The first kappa shape index (κ1) is 111. The second-order valence-electron chi connectivity index (χ2n) is 30.9. The number of benzene rings is 12. The first-order valence-corrected chi connectivity index (χ1v) is 46.5. The number of para-hydroxylation sites is 1. The summed E-state index contributed by atoms with van der Waals surface area (Å²) in [5, 5.41) is 25.4. The number of nitriles is 1. The van der Waals surface area contributed by atoms with Crippen molar-refractivity contribution in [1.29, 1.82) is 5.26 Å². The van der Waals surface area contributed by atoms with Gasteiger partial charge in [0.15, 0.2) is 80.6 Å². The third kappa shape index (κ3) is 34.8. The number of anilines is 6. The van der Waals surface area contributed by atoms with E-state index in [4.69, 9.17) is 52.6 Å². The van der Waals surface area contributed by atoms with Crippen LogP contribution in [0.1, 0.15) is 132 Å². The van der Waals surface area contributed by atoms with Gasteiger partial charge in [-0.3, -0.25) is 33.6 Å². The lowest BCUT2D eigenvalue weighted by molar-refractivity contribution is -0.115. The van der Waals surface area contributed by atoms with E-state index in [-0.39, 0.29) is 51.8 Å². The number of sulfonamides is 1. The maximum atomic E-state index is 12.3. The molecule has 0 aliphatic carbocycles. The molecule has 0 atom stereocenters. The van der Waals surface area contributed by atoms with Crippen LogP contribution in [0.3, 0.4) is 0 Å². The Morgan fingerprint density at radius 1 is 0.266 bits per heavy atom. The van der Waals surface area contributed by atoms with E-state index >= 15 is 0 Å². The fourth-order valence-electron chi connectivity index (χ4n) is 14.0. The number of nitrogens with one attached hydrogen (secondary N) is 7. The quantitative estimate of drug-likeness (QED) is 0.0142. The maximum Gasteiger partial charge on any atom is 0.333 e. The van der Waals surface area contributed by atoms with Crippen LogP contribution in [0, 0.1) is 11.3 Å². The third-order valence-electron chi connectivity index (χ3n) is 20.2. The molecular formula is C113H116N8O21S. The Morgan fingerprint density at radius 3 is 0.727 bits per heavy atom. The Balaban J connectivity index is 0.000000220. The molecule has 12 rings (SSSR count). The van der Waals surface area contributed by atoms with Gasteiger partial charge in [0, 0.05) is 61.0 Å². The molecule has 0 aliphatic heterocycles. The number of amides is 7. The van der Waals surface area contributed by atoms with E-state index in [1.165, 1.54) is 72.8 Å². The molecule has 30 heteroatoms. The van der Waals surface area contributed by atoms with Crippen LogP contribution < -0.4 is 84.0 Å². The average Bonchev–Trinajstić information content (AvgIpc) is 0.828. The number of hydrogen-bond donors (Lipinski definition) is 7. The van der Waals surface area contributed by atoms with Gasteiger partial charge in [-0.1, -0.05) is 127 Å². The molecule has 29 nitrogen and oxygen atoms in total. The molecule has 0 saturated carbocycles. The second-order valence-corrected chi connectivity index (χ2v) is 32.6. The summed E-state index contributed by atoms with van der Waals surface area (Å²) in [7, 11) is 5.46. The molecule has 12 aromatic rings. The van der Waals surface area contributed by atoms with Crippen molar-refractivity contribution in [2.75, 3.05) is 101 Å². The molecule has 0 aliphatic rings. The lowest BCUT2D eigenvalue weighted by Crippen LogP contribution is -2.34. The van der Waals surface area contributed by atoms with E-state index in [2.05, 4.69) is 38.0 Å². The normalized spacial score (nSPS) is 11.0. The van der Waals surface area contributed by atoms with E-state index in [1.807, 2.05) is 184 Å². The minimum Gasteiger partial charge on any atom is -0.493 e. The summed E-state index contributed by atoms with van der Waals surface area (Å²) >= 11 is 0. The van der Waals surface area contributed by atoms with Crippen LogP contribution in [-0.4, -0.2) is 130 Å². The molecule has 12 aromatic carbocycles. The zero-order chi connectivity index (χ0) is 104. The van der Waals surface area contributed by atoms with Crippen LogP contribution in [0.15, 0.2) is 308 Å². The van der Waals surface area contributed by atoms with Gasteiger partial charge < -0.3 is 79.3 Å². The van der Waals surface area contributed by atoms with E-state index in [0.717, 1.165) is 77.9 Å². The highest BCUT2D eigenvalue weighted by molar-refractivity contribution is 7.90. The number of urea groups is 2. The number of rotatable bonds is 36. The van der Waals surface area contributed by atoms with Crippen LogP contribution in [0.5, 0.6) is 57.5 Å². The number of carbonyl (C=O) groups is 9. The Hall–Kier alpha value is -17.6. The summed E-state index contributed by atoms with van der Waals surface area (Å²) in [4.78, 5) is 105. The molecule has 0 aromatic heterocycles. The predicted molar refractivity (Wildman–Crippen MR) is 560 cm³/mol. The summed E-state index contributed by atoms with van der Waals surface area (Å²) in [6.07, 6.45) is 7.76. The summed E-state index contributed by atoms with van der Waals surface area (Å²) in [6, 6.07) is 81.2. The topological polar surface area (TPSA) is 388 Å². The fraction of sp³-hybridized carbons (Fsp3) is 0.186. The number of ketones is 4. The number of hydrogen-bond acceptors (Lipinski definition) is 22. The molecule has 740 valence electrons. The van der Waals surface area contributed by atoms with Crippen molar-refractivity contribution >= 4 is 125 Å². The molecule has 0 radical (unpaired) electrons. The van der Waals surface area contributed by atoms with Gasteiger partial charge in [-0.2, -0.15) is 5.26 Å². The molecule has 0 unspecified atom stereocenters. The molecule has 0 spiro atoms. The van der Waals surface area contributed by atoms with Crippen molar-refractivity contribution in [3.05, 3.63) is 359 Å². The van der Waals surface area contributed by atoms with Crippen LogP contribution in [0.2, 0.25) is 0 Å². The molecule has 143 heavy (non-hydrogen) atoms. The average molecular weight is 1950 g/mol. The first-order chi connectivity index (χ1) is 68.7. The van der Waals surface area contributed by atoms with Gasteiger partial charge in [-0.05, 0) is 309 Å². The Bertz CT molecular complexity index is 6760. The number of carbonyl (C=O) groups excluding carboxylic acids is 9. The lowest BCUT2D eigenvalue weighted by Gasteiger charge is -2.14. The van der Waals surface area contributed by atoms with Gasteiger partial charge in [0.2, 0.25) is 17.7 Å². The van der Waals surface area contributed by atoms with Crippen LogP contribution >= 0.6 is 0 Å². The largest absolute Gasteiger partial charge is 0.493 e. The molecule has 0 bridgehead atoms. The smallest absolute Gasteiger partial charge is 0.333 e. The Kier molecular flexibility index (Phi) is 43.6.